The highest BCUT2D eigenvalue weighted by Gasteiger charge is 2.17. The Morgan fingerprint density at radius 3 is 1.20 bits per heavy atom. The van der Waals surface area contributed by atoms with Crippen molar-refractivity contribution in [2.24, 2.45) is 0 Å². The molecule has 0 fully saturated rings. The lowest BCUT2D eigenvalue weighted by atomic mass is 9.85. The summed E-state index contributed by atoms with van der Waals surface area (Å²) in [6.07, 6.45) is 0. The molecule has 44 heavy (non-hydrogen) atoms. The molecule has 0 N–H and O–H groups in total. The number of hydrogen-bond donors (Lipinski definition) is 0. The SMILES string of the molecule is c1ccc2cc(-c3c4cccc(-c5cccc6ccccc56)c4cc4c(-c5cccc6ccccc56)cccc34)ccc2c1. The van der Waals surface area contributed by atoms with E-state index < -0.39 is 0 Å². The first-order chi connectivity index (χ1) is 21.8. The van der Waals surface area contributed by atoms with E-state index in [0.717, 1.165) is 0 Å². The summed E-state index contributed by atoms with van der Waals surface area (Å²) in [6.45, 7) is 0. The van der Waals surface area contributed by atoms with Gasteiger partial charge in [0.1, 0.15) is 0 Å². The Balaban J connectivity index is 1.45. The van der Waals surface area contributed by atoms with Crippen molar-refractivity contribution < 1.29 is 0 Å². The number of rotatable bonds is 3. The fraction of sp³-hybridized carbons (Fsp3) is 0. The van der Waals surface area contributed by atoms with Crippen LogP contribution in [-0.4, -0.2) is 0 Å². The summed E-state index contributed by atoms with van der Waals surface area (Å²) < 4.78 is 0. The molecule has 0 amide bonds. The topological polar surface area (TPSA) is 0 Å². The molecule has 0 aliphatic rings. The van der Waals surface area contributed by atoms with Crippen LogP contribution in [0.2, 0.25) is 0 Å². The summed E-state index contributed by atoms with van der Waals surface area (Å²) in [5, 5.41) is 12.7. The minimum atomic E-state index is 1.24. The van der Waals surface area contributed by atoms with E-state index in [2.05, 4.69) is 170 Å². The summed E-state index contributed by atoms with van der Waals surface area (Å²) in [6, 6.07) is 62.4. The van der Waals surface area contributed by atoms with Crippen molar-refractivity contribution in [3.05, 3.63) is 170 Å². The molecule has 0 spiro atoms. The van der Waals surface area contributed by atoms with Crippen LogP contribution < -0.4 is 0 Å². The molecular formula is C44H28. The molecular weight excluding hydrogens is 528 g/mol. The van der Waals surface area contributed by atoms with E-state index in [4.69, 9.17) is 0 Å². The number of hydrogen-bond acceptors (Lipinski definition) is 0. The Morgan fingerprint density at radius 1 is 0.227 bits per heavy atom. The van der Waals surface area contributed by atoms with Gasteiger partial charge in [-0.15, -0.1) is 0 Å². The number of benzene rings is 9. The third-order valence-electron chi connectivity index (χ3n) is 9.24. The third kappa shape index (κ3) is 3.85. The molecule has 0 saturated carbocycles. The molecule has 0 atom stereocenters. The van der Waals surface area contributed by atoms with Gasteiger partial charge in [-0.1, -0.05) is 158 Å². The van der Waals surface area contributed by atoms with Gasteiger partial charge in [0.25, 0.3) is 0 Å². The van der Waals surface area contributed by atoms with Crippen LogP contribution >= 0.6 is 0 Å². The predicted molar refractivity (Wildman–Crippen MR) is 190 cm³/mol. The summed E-state index contributed by atoms with van der Waals surface area (Å²) >= 11 is 0. The first-order valence-corrected chi connectivity index (χ1v) is 15.3. The van der Waals surface area contributed by atoms with Crippen molar-refractivity contribution in [3.63, 3.8) is 0 Å². The lowest BCUT2D eigenvalue weighted by Crippen LogP contribution is -1.91. The maximum absolute atomic E-state index is 2.45. The van der Waals surface area contributed by atoms with E-state index in [1.165, 1.54) is 87.2 Å². The maximum Gasteiger partial charge on any atom is -0.00262 e. The summed E-state index contributed by atoms with van der Waals surface area (Å²) in [5.74, 6) is 0. The fourth-order valence-corrected chi connectivity index (χ4v) is 7.21. The molecule has 204 valence electrons. The Bertz CT molecular complexity index is 2400. The van der Waals surface area contributed by atoms with Gasteiger partial charge in [-0.25, -0.2) is 0 Å². The summed E-state index contributed by atoms with van der Waals surface area (Å²) in [4.78, 5) is 0. The van der Waals surface area contributed by atoms with Gasteiger partial charge in [0.05, 0.1) is 0 Å². The molecule has 9 aromatic rings. The average molecular weight is 557 g/mol. The highest BCUT2D eigenvalue weighted by molar-refractivity contribution is 6.21. The van der Waals surface area contributed by atoms with Gasteiger partial charge in [0.2, 0.25) is 0 Å². The van der Waals surface area contributed by atoms with E-state index in [1.807, 2.05) is 0 Å². The first kappa shape index (κ1) is 24.8. The molecule has 0 bridgehead atoms. The lowest BCUT2D eigenvalue weighted by Gasteiger charge is -2.19. The van der Waals surface area contributed by atoms with Gasteiger partial charge in [-0.2, -0.15) is 0 Å². The lowest BCUT2D eigenvalue weighted by molar-refractivity contribution is 1.66. The zero-order valence-electron chi connectivity index (χ0n) is 24.2. The largest absolute Gasteiger partial charge is 0.0616 e. The van der Waals surface area contributed by atoms with Gasteiger partial charge in [-0.3, -0.25) is 0 Å². The molecule has 0 nitrogen and oxygen atoms in total. The van der Waals surface area contributed by atoms with E-state index in [9.17, 15) is 0 Å². The Kier molecular flexibility index (Phi) is 5.61. The van der Waals surface area contributed by atoms with Crippen LogP contribution in [0.1, 0.15) is 0 Å². The highest BCUT2D eigenvalue weighted by atomic mass is 14.2. The molecule has 0 aliphatic heterocycles. The Labute approximate surface area is 256 Å². The molecule has 0 heteroatoms. The van der Waals surface area contributed by atoms with Gasteiger partial charge >= 0.3 is 0 Å². The highest BCUT2D eigenvalue weighted by Crippen LogP contribution is 2.45. The van der Waals surface area contributed by atoms with Crippen LogP contribution in [0.15, 0.2) is 170 Å². The number of fused-ring (bicyclic) bond motifs is 5. The van der Waals surface area contributed by atoms with Gasteiger partial charge in [0.15, 0.2) is 0 Å². The van der Waals surface area contributed by atoms with Crippen molar-refractivity contribution >= 4 is 53.9 Å². The standard InChI is InChI=1S/C44H28/c1-2-14-32-27-33(26-25-29(32)11-1)44-40-23-9-21-38(36-19-7-15-30-12-3-5-17-34(30)36)42(40)28-43-39(22-10-24-41(43)44)37-20-8-16-31-13-4-6-18-35(31)37/h1-28H. The van der Waals surface area contributed by atoms with E-state index >= 15 is 0 Å². The van der Waals surface area contributed by atoms with Crippen LogP contribution in [0.3, 0.4) is 0 Å². The molecule has 0 saturated heterocycles. The molecule has 0 aliphatic carbocycles. The van der Waals surface area contributed by atoms with Crippen LogP contribution in [0.5, 0.6) is 0 Å². The van der Waals surface area contributed by atoms with Crippen LogP contribution in [0.25, 0.3) is 87.2 Å². The summed E-state index contributed by atoms with van der Waals surface area (Å²) in [5.41, 5.74) is 7.57. The molecule has 9 rings (SSSR count). The predicted octanol–water partition coefficient (Wildman–Crippen LogP) is 12.5. The molecule has 0 radical (unpaired) electrons. The minimum absolute atomic E-state index is 1.24. The quantitative estimate of drug-likeness (QED) is 0.190. The average Bonchev–Trinajstić information content (AvgIpc) is 3.09. The second kappa shape index (κ2) is 9.93. The summed E-state index contributed by atoms with van der Waals surface area (Å²) in [7, 11) is 0. The van der Waals surface area contributed by atoms with Gasteiger partial charge in [-0.05, 0) is 99.4 Å². The smallest absolute Gasteiger partial charge is 0.00262 e. The molecule has 0 aromatic heterocycles. The van der Waals surface area contributed by atoms with Gasteiger partial charge in [0, 0.05) is 0 Å². The van der Waals surface area contributed by atoms with Crippen molar-refractivity contribution in [2.75, 3.05) is 0 Å². The normalized spacial score (nSPS) is 11.6. The van der Waals surface area contributed by atoms with Crippen molar-refractivity contribution in [1.82, 2.24) is 0 Å². The van der Waals surface area contributed by atoms with E-state index in [1.54, 1.807) is 0 Å². The third-order valence-corrected chi connectivity index (χ3v) is 9.24. The zero-order valence-corrected chi connectivity index (χ0v) is 24.2. The van der Waals surface area contributed by atoms with Gasteiger partial charge < -0.3 is 0 Å². The van der Waals surface area contributed by atoms with E-state index in [0.29, 0.717) is 0 Å². The first-order valence-electron chi connectivity index (χ1n) is 15.3. The minimum Gasteiger partial charge on any atom is -0.0616 e. The van der Waals surface area contributed by atoms with E-state index in [-0.39, 0.29) is 0 Å². The molecule has 0 unspecified atom stereocenters. The van der Waals surface area contributed by atoms with Crippen molar-refractivity contribution in [2.45, 2.75) is 0 Å². The Morgan fingerprint density at radius 2 is 0.636 bits per heavy atom. The fourth-order valence-electron chi connectivity index (χ4n) is 7.21. The maximum atomic E-state index is 2.45. The second-order valence-electron chi connectivity index (χ2n) is 11.7. The van der Waals surface area contributed by atoms with Crippen molar-refractivity contribution in [3.8, 4) is 33.4 Å². The molecule has 9 aromatic carbocycles. The second-order valence-corrected chi connectivity index (χ2v) is 11.7. The van der Waals surface area contributed by atoms with Crippen LogP contribution in [0, 0.1) is 0 Å². The monoisotopic (exact) mass is 556 g/mol. The van der Waals surface area contributed by atoms with Crippen molar-refractivity contribution in [1.29, 1.82) is 0 Å². The Hall–Kier alpha value is -5.72. The zero-order chi connectivity index (χ0) is 29.0. The van der Waals surface area contributed by atoms with Crippen LogP contribution in [-0.2, 0) is 0 Å². The van der Waals surface area contributed by atoms with Crippen LogP contribution in [0.4, 0.5) is 0 Å². The molecule has 0 heterocycles.